The normalized spacial score (nSPS) is 14.7. The summed E-state index contributed by atoms with van der Waals surface area (Å²) in [6.45, 7) is 4.72. The minimum absolute atomic E-state index is 0. The minimum Gasteiger partial charge on any atom is -0.481 e. The van der Waals surface area contributed by atoms with Crippen LogP contribution in [-0.4, -0.2) is 173 Å². The standard InChI is InChI=1S/3C22H25N5O3S2.C17H18N2O2.CH3FS.3CH3.3W/c3*1-13-21(32(23,29)30)31-22(24-13)27(4)20(28)17-10-14-8-9-15(11-16(14)12-17)18-6-5-7-19(25-18)26(2)3;1-19(2)16-5-3-4-15(18-16)12-7-6-11-8-14(17(20)21)10-13(11)9-12;1-3-2;;;;;;/h3*5-9,11,17H,10,12H2,1-4H3,(H2,23,29,30);3-7,9,14H,8,10H2,1-2H3,(H,20,21);1H3;3*1H3;;;/q;;;;;3*-1;;;/t2*17-;;;;;;;;;/m10........./s1. The van der Waals surface area contributed by atoms with E-state index in [1.165, 1.54) is 21.0 Å². The molecule has 7 heterocycles. The number of carboxylic acids is 1. The van der Waals surface area contributed by atoms with Crippen LogP contribution in [0.3, 0.4) is 0 Å². The van der Waals surface area contributed by atoms with Crippen molar-refractivity contribution in [2.75, 3.05) is 118 Å². The molecule has 7 N–H and O–H groups in total. The topological polar surface area (TPSA) is 382 Å². The number of amides is 3. The molecule has 4 aliphatic rings. The Labute approximate surface area is 799 Å². The van der Waals surface area contributed by atoms with E-state index in [4.69, 9.17) is 35.5 Å². The maximum Gasteiger partial charge on any atom is 0.307 e. The number of sulfonamides is 3. The minimum atomic E-state index is -3.87. The number of hydrogen-bond acceptors (Lipinski definition) is 25. The maximum absolute atomic E-state index is 13.2. The second-order valence-electron chi connectivity index (χ2n) is 30.4. The van der Waals surface area contributed by atoms with Gasteiger partial charge in [0.1, 0.15) is 23.3 Å². The van der Waals surface area contributed by atoms with Gasteiger partial charge in [0.05, 0.1) is 45.8 Å². The third-order valence-corrected chi connectivity index (χ3v) is 29.1. The zero-order valence-corrected chi connectivity index (χ0v) is 87.8. The van der Waals surface area contributed by atoms with Gasteiger partial charge in [0.15, 0.2) is 28.0 Å². The summed E-state index contributed by atoms with van der Waals surface area (Å²) in [6.07, 6.45) is 6.38. The van der Waals surface area contributed by atoms with Gasteiger partial charge in [-0.25, -0.2) is 75.6 Å². The molecule has 3 amide bonds. The van der Waals surface area contributed by atoms with E-state index in [9.17, 15) is 48.3 Å². The molecule has 126 heavy (non-hydrogen) atoms. The van der Waals surface area contributed by atoms with Crippen LogP contribution in [0, 0.1) is 66.7 Å². The fraction of sp³-hybridized carbons (Fsp3) is 0.310. The molecule has 4 aromatic carbocycles. The molecule has 28 nitrogen and oxygen atoms in total. The van der Waals surface area contributed by atoms with Crippen LogP contribution in [0.4, 0.5) is 42.6 Å². The number of anilines is 7. The van der Waals surface area contributed by atoms with Crippen molar-refractivity contribution in [2.24, 2.45) is 39.1 Å². The summed E-state index contributed by atoms with van der Waals surface area (Å²) in [5.74, 6) is 1.62. The van der Waals surface area contributed by atoms with E-state index >= 15 is 0 Å². The van der Waals surface area contributed by atoms with Crippen molar-refractivity contribution in [2.45, 2.75) is 84.8 Å². The predicted molar refractivity (Wildman–Crippen MR) is 496 cm³/mol. The summed E-state index contributed by atoms with van der Waals surface area (Å²) >= 11 is 3.00. The number of primary sulfonamides is 3. The first-order valence-electron chi connectivity index (χ1n) is 37.9. The fourth-order valence-corrected chi connectivity index (χ4v) is 20.3. The molecule has 4 atom stereocenters. The molecule has 15 rings (SSSR count). The van der Waals surface area contributed by atoms with Crippen LogP contribution in [0.15, 0.2) is 158 Å². The molecule has 0 aliphatic heterocycles. The van der Waals surface area contributed by atoms with E-state index in [-0.39, 0.29) is 152 Å². The van der Waals surface area contributed by atoms with E-state index in [1.54, 1.807) is 41.9 Å². The van der Waals surface area contributed by atoms with Crippen molar-refractivity contribution in [1.82, 2.24) is 34.9 Å². The van der Waals surface area contributed by atoms with E-state index in [0.717, 1.165) is 147 Å². The van der Waals surface area contributed by atoms with Gasteiger partial charge < -0.3 is 47.0 Å². The Morgan fingerprint density at radius 1 is 0.357 bits per heavy atom. The summed E-state index contributed by atoms with van der Waals surface area (Å²) in [6, 6.07) is 48.5. The number of halogens is 1. The summed E-state index contributed by atoms with van der Waals surface area (Å²) in [4.78, 5) is 94.2. The molecule has 0 fully saturated rings. The van der Waals surface area contributed by atoms with E-state index < -0.39 is 36.0 Å². The van der Waals surface area contributed by atoms with Crippen molar-refractivity contribution in [1.29, 1.82) is 0 Å². The Morgan fingerprint density at radius 2 is 0.556 bits per heavy atom. The molecule has 0 saturated carbocycles. The Morgan fingerprint density at radius 3 is 0.746 bits per heavy atom. The van der Waals surface area contributed by atoms with Gasteiger partial charge in [-0.15, -0.1) is 0 Å². The van der Waals surface area contributed by atoms with Gasteiger partial charge in [-0.05, 0) is 189 Å². The number of nitrogens with zero attached hydrogens (tertiary/aromatic N) is 14. The fourth-order valence-electron chi connectivity index (χ4n) is 14.6. The van der Waals surface area contributed by atoms with E-state index in [1.807, 2.05) is 179 Å². The van der Waals surface area contributed by atoms with Crippen LogP contribution in [-0.2, 0) is 164 Å². The molecule has 0 saturated heterocycles. The van der Waals surface area contributed by atoms with Gasteiger partial charge in [0.2, 0.25) is 47.8 Å². The Kier molecular flexibility index (Phi) is 39.2. The van der Waals surface area contributed by atoms with E-state index in [2.05, 4.69) is 62.4 Å². The molecule has 2 unspecified atom stereocenters. The Balaban J connectivity index is 0.000000293. The zero-order chi connectivity index (χ0) is 87.3. The first-order chi connectivity index (χ1) is 56.6. The van der Waals surface area contributed by atoms with Gasteiger partial charge in [0.25, 0.3) is 0 Å². The molecular weight excluding hydrogens is 2250 g/mol. The van der Waals surface area contributed by atoms with Crippen molar-refractivity contribution in [3.63, 3.8) is 0 Å². The van der Waals surface area contributed by atoms with Crippen molar-refractivity contribution < 1.29 is 117 Å². The molecule has 674 valence electrons. The molecule has 39 heteroatoms. The second-order valence-corrected chi connectivity index (χ2v) is 38.9. The number of carboxylic acid groups (broad SMARTS) is 1. The number of thiazole rings is 3. The quantitative estimate of drug-likeness (QED) is 0.0580. The van der Waals surface area contributed by atoms with Crippen molar-refractivity contribution in [3.8, 4) is 45.0 Å². The molecule has 0 radical (unpaired) electrons. The SMILES string of the molecule is CN(C)c1cccc(-c2ccc3c(c2)CC(C(=O)O)C3)n1.CSF.Cc1nc(N(C)C(=O)C2Cc3ccc(-c4cccc(N(C)C)n4)cc3C2)sc1S(N)(=O)=O.Cc1nc(N(C)C(=O)[C@@H]2Cc3ccc(-c4cccc(N(C)C)n4)cc3C2)sc1S(N)(=O)=O.Cc1nc(N(C)C(=O)[C@H]2Cc3ccc(-c4cccc(N(C)C)n4)cc3C2)sc1S(N)(=O)=O.[CH3-].[CH3-].[CH3-].[W].[W].[W]. The number of rotatable bonds is 18. The number of fused-ring (bicyclic) bond motifs is 4. The van der Waals surface area contributed by atoms with Crippen LogP contribution >= 0.6 is 46.2 Å². The van der Waals surface area contributed by atoms with Crippen LogP contribution in [0.25, 0.3) is 45.0 Å². The second kappa shape index (κ2) is 45.7. The van der Waals surface area contributed by atoms with Gasteiger partial charge in [-0.1, -0.05) is 107 Å². The number of carbonyl (C=O) groups excluding carboxylic acids is 3. The Hall–Kier alpha value is -8.48. The number of benzene rings is 4. The summed E-state index contributed by atoms with van der Waals surface area (Å²) in [7, 11) is 8.94. The van der Waals surface area contributed by atoms with Crippen LogP contribution in [0.1, 0.15) is 61.6 Å². The number of aryl methyl sites for hydroxylation is 3. The third kappa shape index (κ3) is 26.0. The average Bonchev–Trinajstić information content (AvgIpc) is 1.64. The number of nitrogens with two attached hydrogens (primary N) is 3. The smallest absolute Gasteiger partial charge is 0.307 e. The molecule has 4 aliphatic carbocycles. The third-order valence-electron chi connectivity index (χ3n) is 20.8. The molecular formula is C87H105FN17O11S7W3-3. The van der Waals surface area contributed by atoms with Crippen LogP contribution < -0.4 is 49.7 Å². The summed E-state index contributed by atoms with van der Waals surface area (Å²) in [5, 5.41) is 25.9. The summed E-state index contributed by atoms with van der Waals surface area (Å²) in [5.41, 5.74) is 17.7. The maximum atomic E-state index is 13.2. The van der Waals surface area contributed by atoms with E-state index in [0.29, 0.717) is 83.8 Å². The largest absolute Gasteiger partial charge is 0.481 e. The first-order valence-corrected chi connectivity index (χ1v) is 46.1. The average molecular weight is 2360 g/mol. The number of carbonyl (C=O) groups is 4. The molecule has 0 bridgehead atoms. The van der Waals surface area contributed by atoms with Crippen LogP contribution in [0.2, 0.25) is 0 Å². The van der Waals surface area contributed by atoms with Gasteiger partial charge in [-0.3, -0.25) is 33.9 Å². The van der Waals surface area contributed by atoms with Gasteiger partial charge in [-0.2, -0.15) is 3.89 Å². The monoisotopic (exact) mass is 2360 g/mol. The van der Waals surface area contributed by atoms with Crippen molar-refractivity contribution in [3.05, 3.63) is 229 Å². The molecule has 7 aromatic heterocycles. The van der Waals surface area contributed by atoms with Crippen LogP contribution in [0.5, 0.6) is 0 Å². The number of aliphatic carboxylic acids is 1. The summed E-state index contributed by atoms with van der Waals surface area (Å²) < 4.78 is 80.4. The number of pyridine rings is 4. The molecule has 0 spiro atoms. The molecule has 11 aromatic rings. The van der Waals surface area contributed by atoms with Gasteiger partial charge >= 0.3 is 5.97 Å². The van der Waals surface area contributed by atoms with Crippen molar-refractivity contribution >= 4 is 139 Å². The number of aromatic nitrogens is 7. The number of hydrogen-bond donors (Lipinski definition) is 4. The predicted octanol–water partition coefficient (Wildman–Crippen LogP) is 13.0. The van der Waals surface area contributed by atoms with Gasteiger partial charge in [0, 0.05) is 199 Å². The Bertz CT molecular complexity index is 5600. The zero-order valence-electron chi connectivity index (χ0n) is 73.3. The first kappa shape index (κ1) is 108.